The lowest BCUT2D eigenvalue weighted by Crippen LogP contribution is -2.36. The van der Waals surface area contributed by atoms with Crippen LogP contribution in [0.2, 0.25) is 0 Å². The molecular weight excluding hydrogens is 360 g/mol. The maximum atomic E-state index is 11.1. The minimum atomic E-state index is -0.275. The van der Waals surface area contributed by atoms with Gasteiger partial charge >= 0.3 is 5.97 Å². The first-order valence-corrected chi connectivity index (χ1v) is 10.6. The molecule has 0 atom stereocenters. The van der Waals surface area contributed by atoms with Crippen molar-refractivity contribution < 1.29 is 14.3 Å². The largest absolute Gasteiger partial charge is 0.497 e. The van der Waals surface area contributed by atoms with Gasteiger partial charge in [-0.1, -0.05) is 45.0 Å². The van der Waals surface area contributed by atoms with E-state index in [2.05, 4.69) is 57.2 Å². The van der Waals surface area contributed by atoms with Crippen LogP contribution >= 0.6 is 0 Å². The van der Waals surface area contributed by atoms with Crippen LogP contribution in [0, 0.1) is 11.3 Å². The summed E-state index contributed by atoms with van der Waals surface area (Å²) in [6, 6.07) is 16.6. The molecule has 0 N–H and O–H groups in total. The lowest BCUT2D eigenvalue weighted by molar-refractivity contribution is -0.131. The van der Waals surface area contributed by atoms with E-state index in [1.165, 1.54) is 43.7 Å². The third kappa shape index (κ3) is 5.20. The molecule has 156 valence electrons. The highest BCUT2D eigenvalue weighted by molar-refractivity contribution is 5.69. The Kier molecular flexibility index (Phi) is 6.36. The van der Waals surface area contributed by atoms with E-state index in [9.17, 15) is 4.79 Å². The van der Waals surface area contributed by atoms with Gasteiger partial charge < -0.3 is 9.47 Å². The number of methoxy groups -OCH3 is 1. The number of rotatable bonds is 6. The molecule has 3 heteroatoms. The number of hydrogen-bond acceptors (Lipinski definition) is 3. The zero-order chi connectivity index (χ0) is 21.1. The van der Waals surface area contributed by atoms with Crippen molar-refractivity contribution >= 4 is 5.97 Å². The van der Waals surface area contributed by atoms with Gasteiger partial charge in [-0.25, -0.2) is 0 Å². The zero-order valence-corrected chi connectivity index (χ0v) is 18.5. The molecule has 0 unspecified atom stereocenters. The Bertz CT molecular complexity index is 810. The summed E-state index contributed by atoms with van der Waals surface area (Å²) in [6.45, 7) is 8.62. The van der Waals surface area contributed by atoms with Crippen molar-refractivity contribution in [2.24, 2.45) is 11.3 Å². The SMILES string of the molecule is COc1ccc(C(C)(C)C2CCC(C)(Cc3ccc(OC(C)=O)cc3)CC2)cc1. The van der Waals surface area contributed by atoms with E-state index in [4.69, 9.17) is 9.47 Å². The van der Waals surface area contributed by atoms with Gasteiger partial charge in [0.05, 0.1) is 7.11 Å². The van der Waals surface area contributed by atoms with Crippen molar-refractivity contribution in [2.45, 2.75) is 65.2 Å². The number of hydrogen-bond donors (Lipinski definition) is 0. The molecule has 3 nitrogen and oxygen atoms in total. The van der Waals surface area contributed by atoms with Crippen LogP contribution < -0.4 is 9.47 Å². The van der Waals surface area contributed by atoms with Gasteiger partial charge in [0, 0.05) is 6.92 Å². The number of carbonyl (C=O) groups is 1. The van der Waals surface area contributed by atoms with E-state index >= 15 is 0 Å². The third-order valence-corrected chi connectivity index (χ3v) is 6.86. The first-order valence-electron chi connectivity index (χ1n) is 10.6. The molecule has 0 radical (unpaired) electrons. The molecule has 0 saturated heterocycles. The molecule has 0 aromatic heterocycles. The second kappa shape index (κ2) is 8.61. The smallest absolute Gasteiger partial charge is 0.308 e. The highest BCUT2D eigenvalue weighted by atomic mass is 16.5. The van der Waals surface area contributed by atoms with Crippen LogP contribution in [0.3, 0.4) is 0 Å². The summed E-state index contributed by atoms with van der Waals surface area (Å²) in [5.41, 5.74) is 3.21. The average Bonchev–Trinajstić information content (AvgIpc) is 2.69. The molecule has 1 fully saturated rings. The quantitative estimate of drug-likeness (QED) is 0.424. The fourth-order valence-corrected chi connectivity index (χ4v) is 4.80. The molecule has 2 aromatic carbocycles. The van der Waals surface area contributed by atoms with Crippen LogP contribution in [-0.2, 0) is 16.6 Å². The molecule has 1 saturated carbocycles. The van der Waals surface area contributed by atoms with Gasteiger partial charge in [0.1, 0.15) is 11.5 Å². The summed E-state index contributed by atoms with van der Waals surface area (Å²) in [5.74, 6) is 1.95. The Morgan fingerprint density at radius 3 is 2.07 bits per heavy atom. The summed E-state index contributed by atoms with van der Waals surface area (Å²) < 4.78 is 10.5. The van der Waals surface area contributed by atoms with Crippen LogP contribution in [-0.4, -0.2) is 13.1 Å². The van der Waals surface area contributed by atoms with Crippen molar-refractivity contribution in [3.05, 3.63) is 59.7 Å². The minimum absolute atomic E-state index is 0.166. The van der Waals surface area contributed by atoms with E-state index < -0.39 is 0 Å². The second-order valence-corrected chi connectivity index (χ2v) is 9.45. The van der Waals surface area contributed by atoms with Gasteiger partial charge in [-0.3, -0.25) is 4.79 Å². The molecule has 29 heavy (non-hydrogen) atoms. The van der Waals surface area contributed by atoms with E-state index in [0.717, 1.165) is 12.2 Å². The highest BCUT2D eigenvalue weighted by Gasteiger charge is 2.38. The zero-order valence-electron chi connectivity index (χ0n) is 18.5. The molecule has 0 heterocycles. The average molecular weight is 395 g/mol. The first kappa shape index (κ1) is 21.4. The van der Waals surface area contributed by atoms with Crippen molar-refractivity contribution in [3.63, 3.8) is 0 Å². The van der Waals surface area contributed by atoms with E-state index in [1.54, 1.807) is 7.11 Å². The maximum absolute atomic E-state index is 11.1. The van der Waals surface area contributed by atoms with Gasteiger partial charge in [0.25, 0.3) is 0 Å². The molecular formula is C26H34O3. The number of benzene rings is 2. The van der Waals surface area contributed by atoms with Crippen LogP contribution in [0.5, 0.6) is 11.5 Å². The summed E-state index contributed by atoms with van der Waals surface area (Å²) in [5, 5.41) is 0. The summed E-state index contributed by atoms with van der Waals surface area (Å²) in [6.07, 6.45) is 6.05. The van der Waals surface area contributed by atoms with Gasteiger partial charge in [-0.15, -0.1) is 0 Å². The molecule has 1 aliphatic carbocycles. The van der Waals surface area contributed by atoms with Crippen molar-refractivity contribution in [3.8, 4) is 11.5 Å². The Balaban J connectivity index is 1.61. The van der Waals surface area contributed by atoms with E-state index in [1.807, 2.05) is 12.1 Å². The van der Waals surface area contributed by atoms with Crippen LogP contribution in [0.15, 0.2) is 48.5 Å². The van der Waals surface area contributed by atoms with Gasteiger partial charge in [-0.05, 0) is 84.2 Å². The number of ether oxygens (including phenoxy) is 2. The number of esters is 1. The Morgan fingerprint density at radius 1 is 1.00 bits per heavy atom. The molecule has 1 aliphatic rings. The third-order valence-electron chi connectivity index (χ3n) is 6.86. The lowest BCUT2D eigenvalue weighted by Gasteiger charge is -2.44. The predicted molar refractivity (Wildman–Crippen MR) is 118 cm³/mol. The molecule has 2 aromatic rings. The minimum Gasteiger partial charge on any atom is -0.497 e. The summed E-state index contributed by atoms with van der Waals surface area (Å²) in [7, 11) is 1.71. The maximum Gasteiger partial charge on any atom is 0.308 e. The lowest BCUT2D eigenvalue weighted by atomic mass is 9.61. The monoisotopic (exact) mass is 394 g/mol. The highest BCUT2D eigenvalue weighted by Crippen LogP contribution is 2.48. The van der Waals surface area contributed by atoms with Gasteiger partial charge in [0.2, 0.25) is 0 Å². The summed E-state index contributed by atoms with van der Waals surface area (Å²) in [4.78, 5) is 11.1. The topological polar surface area (TPSA) is 35.5 Å². The Labute approximate surface area is 175 Å². The van der Waals surface area contributed by atoms with E-state index in [-0.39, 0.29) is 11.4 Å². The van der Waals surface area contributed by atoms with Crippen LogP contribution in [0.25, 0.3) is 0 Å². The summed E-state index contributed by atoms with van der Waals surface area (Å²) >= 11 is 0. The fraction of sp³-hybridized carbons (Fsp3) is 0.500. The predicted octanol–water partition coefficient (Wildman–Crippen LogP) is 6.34. The normalized spacial score (nSPS) is 22.2. The van der Waals surface area contributed by atoms with Crippen molar-refractivity contribution in [1.82, 2.24) is 0 Å². The Morgan fingerprint density at radius 2 is 1.55 bits per heavy atom. The molecule has 0 spiro atoms. The fourth-order valence-electron chi connectivity index (χ4n) is 4.80. The molecule has 0 aliphatic heterocycles. The molecule has 3 rings (SSSR count). The standard InChI is InChI=1S/C26H34O3/c1-19(27)29-24-10-6-20(7-11-24)18-26(4)16-14-22(15-17-26)25(2,3)21-8-12-23(28-5)13-9-21/h6-13,22H,14-18H2,1-5H3. The van der Waals surface area contributed by atoms with E-state index in [0.29, 0.717) is 17.1 Å². The number of carbonyl (C=O) groups excluding carboxylic acids is 1. The van der Waals surface area contributed by atoms with Gasteiger partial charge in [0.15, 0.2) is 0 Å². The second-order valence-electron chi connectivity index (χ2n) is 9.45. The first-order chi connectivity index (χ1) is 13.7. The van der Waals surface area contributed by atoms with Crippen LogP contribution in [0.1, 0.15) is 64.5 Å². The van der Waals surface area contributed by atoms with Crippen molar-refractivity contribution in [1.29, 1.82) is 0 Å². The Hall–Kier alpha value is -2.29. The van der Waals surface area contributed by atoms with Crippen molar-refractivity contribution in [2.75, 3.05) is 7.11 Å². The molecule has 0 amide bonds. The van der Waals surface area contributed by atoms with Crippen LogP contribution in [0.4, 0.5) is 0 Å². The molecule has 0 bridgehead atoms. The van der Waals surface area contributed by atoms with Gasteiger partial charge in [-0.2, -0.15) is 0 Å².